The molecule has 0 fully saturated rings. The first-order chi connectivity index (χ1) is 7.28. The van der Waals surface area contributed by atoms with Crippen LogP contribution in [0.25, 0.3) is 0 Å². The second-order valence-electron chi connectivity index (χ2n) is 3.74. The Hall–Kier alpha value is -1.55. The van der Waals surface area contributed by atoms with Crippen LogP contribution in [0, 0.1) is 0 Å². The Morgan fingerprint density at radius 2 is 2.20 bits per heavy atom. The minimum Gasteiger partial charge on any atom is -0.349 e. The number of aryl methyl sites for hydroxylation is 1. The quantitative estimate of drug-likeness (QED) is 0.806. The monoisotopic (exact) mass is 204 g/mol. The third-order valence-corrected chi connectivity index (χ3v) is 2.32. The molecule has 0 aliphatic heterocycles. The predicted octanol–water partition coefficient (Wildman–Crippen LogP) is 0.989. The molecule has 1 N–H and O–H groups in total. The van der Waals surface area contributed by atoms with E-state index in [9.17, 15) is 0 Å². The van der Waals surface area contributed by atoms with Crippen molar-refractivity contribution < 1.29 is 0 Å². The van der Waals surface area contributed by atoms with Crippen molar-refractivity contribution in [1.29, 1.82) is 0 Å². The molecule has 2 rings (SSSR count). The maximum absolute atomic E-state index is 4.15. The van der Waals surface area contributed by atoms with E-state index in [-0.39, 0.29) is 0 Å². The van der Waals surface area contributed by atoms with Crippen molar-refractivity contribution in [1.82, 2.24) is 19.7 Å². The molecule has 80 valence electrons. The average molecular weight is 204 g/mol. The summed E-state index contributed by atoms with van der Waals surface area (Å²) in [7, 11) is 3.89. The van der Waals surface area contributed by atoms with Gasteiger partial charge < -0.3 is 9.88 Å². The smallest absolute Gasteiger partial charge is 0.0539 e. The Bertz CT molecular complexity index is 427. The van der Waals surface area contributed by atoms with E-state index in [4.69, 9.17) is 0 Å². The molecule has 0 amide bonds. The highest BCUT2D eigenvalue weighted by molar-refractivity contribution is 5.13. The lowest BCUT2D eigenvalue weighted by molar-refractivity contribution is 0.761. The lowest BCUT2D eigenvalue weighted by Crippen LogP contribution is -2.04. The third kappa shape index (κ3) is 2.47. The van der Waals surface area contributed by atoms with Crippen LogP contribution >= 0.6 is 0 Å². The summed E-state index contributed by atoms with van der Waals surface area (Å²) in [6.45, 7) is 1.80. The van der Waals surface area contributed by atoms with E-state index in [0.29, 0.717) is 0 Å². The van der Waals surface area contributed by atoms with Crippen LogP contribution < -0.4 is 5.32 Å². The van der Waals surface area contributed by atoms with Gasteiger partial charge in [0.15, 0.2) is 0 Å². The summed E-state index contributed by atoms with van der Waals surface area (Å²) in [5.41, 5.74) is 2.53. The van der Waals surface area contributed by atoms with Gasteiger partial charge in [-0.2, -0.15) is 5.10 Å². The summed E-state index contributed by atoms with van der Waals surface area (Å²) in [6, 6.07) is 2.13. The lowest BCUT2D eigenvalue weighted by Gasteiger charge is -1.99. The molecule has 4 nitrogen and oxygen atoms in total. The van der Waals surface area contributed by atoms with Crippen LogP contribution in [-0.4, -0.2) is 21.4 Å². The third-order valence-electron chi connectivity index (χ3n) is 2.32. The topological polar surface area (TPSA) is 34.8 Å². The zero-order chi connectivity index (χ0) is 10.7. The summed E-state index contributed by atoms with van der Waals surface area (Å²) in [5, 5.41) is 7.28. The largest absolute Gasteiger partial charge is 0.349 e. The van der Waals surface area contributed by atoms with Crippen LogP contribution in [0.1, 0.15) is 11.1 Å². The van der Waals surface area contributed by atoms with Gasteiger partial charge in [-0.3, -0.25) is 4.68 Å². The highest BCUT2D eigenvalue weighted by Gasteiger charge is 1.99. The van der Waals surface area contributed by atoms with Crippen molar-refractivity contribution in [2.24, 2.45) is 7.05 Å². The van der Waals surface area contributed by atoms with Gasteiger partial charge in [0.05, 0.1) is 12.7 Å². The molecule has 0 saturated heterocycles. The van der Waals surface area contributed by atoms with Crippen LogP contribution in [-0.2, 0) is 20.1 Å². The van der Waals surface area contributed by atoms with E-state index >= 15 is 0 Å². The normalized spacial score (nSPS) is 10.8. The zero-order valence-electron chi connectivity index (χ0n) is 9.14. The van der Waals surface area contributed by atoms with E-state index in [1.54, 1.807) is 0 Å². The first kappa shape index (κ1) is 9.98. The van der Waals surface area contributed by atoms with Crippen molar-refractivity contribution >= 4 is 0 Å². The molecule has 4 heteroatoms. The minimum atomic E-state index is 0.886. The fourth-order valence-electron chi connectivity index (χ4n) is 1.66. The highest BCUT2D eigenvalue weighted by atomic mass is 15.2. The Balaban J connectivity index is 2.04. The molecule has 2 heterocycles. The number of nitrogens with one attached hydrogen (secondary N) is 1. The van der Waals surface area contributed by atoms with Gasteiger partial charge in [0, 0.05) is 37.7 Å². The van der Waals surface area contributed by atoms with Gasteiger partial charge in [0.2, 0.25) is 0 Å². The molecule has 0 unspecified atom stereocenters. The van der Waals surface area contributed by atoms with E-state index in [0.717, 1.165) is 13.1 Å². The van der Waals surface area contributed by atoms with Gasteiger partial charge in [-0.25, -0.2) is 0 Å². The van der Waals surface area contributed by atoms with Crippen LogP contribution in [0.15, 0.2) is 30.9 Å². The number of hydrogen-bond donors (Lipinski definition) is 1. The first-order valence-corrected chi connectivity index (χ1v) is 5.04. The molecule has 0 aromatic carbocycles. The van der Waals surface area contributed by atoms with Crippen molar-refractivity contribution in [2.45, 2.75) is 13.1 Å². The summed E-state index contributed by atoms with van der Waals surface area (Å²) in [5.74, 6) is 0. The predicted molar refractivity (Wildman–Crippen MR) is 59.5 cm³/mol. The Morgan fingerprint density at radius 3 is 2.87 bits per heavy atom. The number of hydrogen-bond acceptors (Lipinski definition) is 2. The van der Waals surface area contributed by atoms with E-state index in [1.165, 1.54) is 11.1 Å². The molecule has 0 atom stereocenters. The van der Waals surface area contributed by atoms with E-state index < -0.39 is 0 Å². The fourth-order valence-corrected chi connectivity index (χ4v) is 1.66. The van der Waals surface area contributed by atoms with Crippen LogP contribution in [0.3, 0.4) is 0 Å². The van der Waals surface area contributed by atoms with Crippen LogP contribution in [0.2, 0.25) is 0 Å². The molecular weight excluding hydrogens is 188 g/mol. The molecule has 15 heavy (non-hydrogen) atoms. The molecule has 0 bridgehead atoms. The van der Waals surface area contributed by atoms with Crippen molar-refractivity contribution in [3.63, 3.8) is 0 Å². The fraction of sp³-hybridized carbons (Fsp3) is 0.364. The number of aromatic nitrogens is 3. The second kappa shape index (κ2) is 4.31. The Morgan fingerprint density at radius 1 is 1.33 bits per heavy atom. The number of nitrogens with zero attached hydrogens (tertiary/aromatic N) is 3. The number of rotatable bonds is 4. The molecule has 0 aliphatic rings. The molecule has 2 aromatic heterocycles. The zero-order valence-corrected chi connectivity index (χ0v) is 9.14. The van der Waals surface area contributed by atoms with Gasteiger partial charge in [0.25, 0.3) is 0 Å². The highest BCUT2D eigenvalue weighted by Crippen LogP contribution is 2.05. The average Bonchev–Trinajstić information content (AvgIpc) is 2.78. The molecule has 0 aliphatic carbocycles. The SMILES string of the molecule is CNCc1ccn(Cc2cnn(C)c2)c1. The molecule has 2 aromatic rings. The van der Waals surface area contributed by atoms with Gasteiger partial charge in [0.1, 0.15) is 0 Å². The minimum absolute atomic E-state index is 0.886. The van der Waals surface area contributed by atoms with Crippen molar-refractivity contribution in [2.75, 3.05) is 7.05 Å². The van der Waals surface area contributed by atoms with Crippen molar-refractivity contribution in [3.8, 4) is 0 Å². The van der Waals surface area contributed by atoms with Crippen LogP contribution in [0.4, 0.5) is 0 Å². The molecule has 0 saturated carbocycles. The molecule has 0 radical (unpaired) electrons. The second-order valence-corrected chi connectivity index (χ2v) is 3.74. The van der Waals surface area contributed by atoms with Gasteiger partial charge in [-0.1, -0.05) is 0 Å². The Labute approximate surface area is 89.5 Å². The summed E-state index contributed by atoms with van der Waals surface area (Å²) < 4.78 is 4.00. The maximum atomic E-state index is 4.15. The van der Waals surface area contributed by atoms with Gasteiger partial charge in [-0.05, 0) is 18.7 Å². The van der Waals surface area contributed by atoms with Gasteiger partial charge in [-0.15, -0.1) is 0 Å². The first-order valence-electron chi connectivity index (χ1n) is 5.04. The van der Waals surface area contributed by atoms with Gasteiger partial charge >= 0.3 is 0 Å². The molecular formula is C11H16N4. The van der Waals surface area contributed by atoms with E-state index in [2.05, 4.69) is 33.4 Å². The van der Waals surface area contributed by atoms with Crippen molar-refractivity contribution in [3.05, 3.63) is 42.0 Å². The lowest BCUT2D eigenvalue weighted by atomic mass is 10.3. The molecule has 0 spiro atoms. The summed E-state index contributed by atoms with van der Waals surface area (Å²) in [4.78, 5) is 0. The standard InChI is InChI=1S/C11H16N4/c1-12-5-10-3-4-15(8-10)9-11-6-13-14(2)7-11/h3-4,6-8,12H,5,9H2,1-2H3. The van der Waals surface area contributed by atoms with Crippen LogP contribution in [0.5, 0.6) is 0 Å². The summed E-state index contributed by atoms with van der Waals surface area (Å²) in [6.07, 6.45) is 8.19. The summed E-state index contributed by atoms with van der Waals surface area (Å²) >= 11 is 0. The maximum Gasteiger partial charge on any atom is 0.0539 e. The van der Waals surface area contributed by atoms with E-state index in [1.807, 2.05) is 31.2 Å². The Kier molecular flexibility index (Phi) is 2.87.